The van der Waals surface area contributed by atoms with Crippen LogP contribution in [-0.4, -0.2) is 49.6 Å². The Morgan fingerprint density at radius 2 is 2.26 bits per heavy atom. The molecule has 2 N–H and O–H groups in total. The van der Waals surface area contributed by atoms with Crippen LogP contribution in [0, 0.1) is 0 Å². The van der Waals surface area contributed by atoms with E-state index in [2.05, 4.69) is 4.98 Å². The molecule has 1 aromatic rings. The molecule has 1 aliphatic rings. The average Bonchev–Trinajstić information content (AvgIpc) is 2.87. The number of methoxy groups -OCH3 is 1. The van der Waals surface area contributed by atoms with E-state index in [0.29, 0.717) is 17.4 Å². The molecule has 1 aromatic heterocycles. The van der Waals surface area contributed by atoms with Crippen molar-refractivity contribution in [1.82, 2.24) is 9.88 Å². The number of aromatic nitrogens is 1. The molecular formula is C13H20N4O2. The molecule has 0 aliphatic carbocycles. The smallest absolute Gasteiger partial charge is 0.244 e. The first-order valence-electron chi connectivity index (χ1n) is 6.33. The molecule has 0 spiro atoms. The Bertz CT molecular complexity index is 476. The normalized spacial score (nSPS) is 18.5. The fourth-order valence-electron chi connectivity index (χ4n) is 2.36. The van der Waals surface area contributed by atoms with Crippen LogP contribution in [0.5, 0.6) is 5.88 Å². The van der Waals surface area contributed by atoms with Crippen LogP contribution in [0.15, 0.2) is 12.1 Å². The monoisotopic (exact) mass is 264 g/mol. The van der Waals surface area contributed by atoms with Gasteiger partial charge < -0.3 is 20.3 Å². The molecule has 19 heavy (non-hydrogen) atoms. The van der Waals surface area contributed by atoms with Crippen molar-refractivity contribution in [3.63, 3.8) is 0 Å². The van der Waals surface area contributed by atoms with Crippen LogP contribution in [0.4, 0.5) is 11.5 Å². The quantitative estimate of drug-likeness (QED) is 0.871. The van der Waals surface area contributed by atoms with Gasteiger partial charge in [0.15, 0.2) is 5.82 Å². The van der Waals surface area contributed by atoms with Crippen molar-refractivity contribution in [2.75, 3.05) is 38.4 Å². The highest BCUT2D eigenvalue weighted by Gasteiger charge is 2.33. The lowest BCUT2D eigenvalue weighted by Crippen LogP contribution is -2.43. The lowest BCUT2D eigenvalue weighted by atomic mass is 10.2. The Labute approximate surface area is 113 Å². The summed E-state index contributed by atoms with van der Waals surface area (Å²) in [5.74, 6) is 1.23. The molecule has 1 aliphatic heterocycles. The molecule has 6 heteroatoms. The number of hydrogen-bond donors (Lipinski definition) is 1. The van der Waals surface area contributed by atoms with Crippen LogP contribution < -0.4 is 15.4 Å². The van der Waals surface area contributed by atoms with Crippen molar-refractivity contribution in [1.29, 1.82) is 0 Å². The number of amides is 1. The number of anilines is 2. The molecule has 2 heterocycles. The van der Waals surface area contributed by atoms with Gasteiger partial charge in [0.1, 0.15) is 6.04 Å². The molecule has 104 valence electrons. The fourth-order valence-corrected chi connectivity index (χ4v) is 2.36. The lowest BCUT2D eigenvalue weighted by molar-refractivity contribution is -0.129. The largest absolute Gasteiger partial charge is 0.481 e. The number of nitrogens with zero attached hydrogens (tertiary/aromatic N) is 3. The molecule has 0 saturated carbocycles. The summed E-state index contributed by atoms with van der Waals surface area (Å²) >= 11 is 0. The second-order valence-electron chi connectivity index (χ2n) is 4.85. The second-order valence-corrected chi connectivity index (χ2v) is 4.85. The number of ether oxygens (including phenoxy) is 1. The molecule has 1 fully saturated rings. The Morgan fingerprint density at radius 3 is 2.89 bits per heavy atom. The van der Waals surface area contributed by atoms with Gasteiger partial charge in [-0.15, -0.1) is 0 Å². The van der Waals surface area contributed by atoms with Crippen LogP contribution >= 0.6 is 0 Å². The van der Waals surface area contributed by atoms with Gasteiger partial charge in [0.25, 0.3) is 0 Å². The van der Waals surface area contributed by atoms with E-state index in [0.717, 1.165) is 19.4 Å². The maximum atomic E-state index is 12.2. The van der Waals surface area contributed by atoms with Gasteiger partial charge in [-0.3, -0.25) is 4.79 Å². The van der Waals surface area contributed by atoms with E-state index in [1.54, 1.807) is 38.2 Å². The van der Waals surface area contributed by atoms with Crippen LogP contribution in [-0.2, 0) is 4.79 Å². The van der Waals surface area contributed by atoms with E-state index >= 15 is 0 Å². The number of pyridine rings is 1. The third kappa shape index (κ3) is 2.57. The van der Waals surface area contributed by atoms with Crippen molar-refractivity contribution in [3.05, 3.63) is 12.1 Å². The number of nitrogens with two attached hydrogens (primary N) is 1. The predicted octanol–water partition coefficient (Wildman–Crippen LogP) is 0.729. The van der Waals surface area contributed by atoms with E-state index in [1.807, 2.05) is 4.90 Å². The minimum atomic E-state index is -0.183. The van der Waals surface area contributed by atoms with Crippen LogP contribution in [0.1, 0.15) is 12.8 Å². The number of hydrogen-bond acceptors (Lipinski definition) is 5. The zero-order chi connectivity index (χ0) is 14.0. The van der Waals surface area contributed by atoms with Crippen LogP contribution in [0.2, 0.25) is 0 Å². The molecule has 0 aromatic carbocycles. The average molecular weight is 264 g/mol. The first-order valence-corrected chi connectivity index (χ1v) is 6.33. The van der Waals surface area contributed by atoms with Gasteiger partial charge in [0.05, 0.1) is 12.8 Å². The molecule has 1 saturated heterocycles. The topological polar surface area (TPSA) is 71.7 Å². The van der Waals surface area contributed by atoms with Crippen LogP contribution in [0.25, 0.3) is 0 Å². The Balaban J connectivity index is 2.32. The summed E-state index contributed by atoms with van der Waals surface area (Å²) < 4.78 is 5.12. The summed E-state index contributed by atoms with van der Waals surface area (Å²) in [5, 5.41) is 0. The highest BCUT2D eigenvalue weighted by atomic mass is 16.5. The SMILES string of the molecule is COc1ccc(N)c(N2CCCC2C(=O)N(C)C)n1. The zero-order valence-electron chi connectivity index (χ0n) is 11.6. The van der Waals surface area contributed by atoms with Gasteiger partial charge in [-0.2, -0.15) is 4.98 Å². The minimum absolute atomic E-state index is 0.0847. The highest BCUT2D eigenvalue weighted by Crippen LogP contribution is 2.30. The summed E-state index contributed by atoms with van der Waals surface area (Å²) in [7, 11) is 5.09. The van der Waals surface area contributed by atoms with Crippen molar-refractivity contribution in [3.8, 4) is 5.88 Å². The Morgan fingerprint density at radius 1 is 1.53 bits per heavy atom. The molecule has 1 atom stereocenters. The van der Waals surface area contributed by atoms with E-state index < -0.39 is 0 Å². The van der Waals surface area contributed by atoms with E-state index in [-0.39, 0.29) is 11.9 Å². The van der Waals surface area contributed by atoms with Crippen molar-refractivity contribution < 1.29 is 9.53 Å². The van der Waals surface area contributed by atoms with E-state index in [9.17, 15) is 4.79 Å². The van der Waals surface area contributed by atoms with Crippen molar-refractivity contribution >= 4 is 17.4 Å². The molecule has 0 bridgehead atoms. The Hall–Kier alpha value is -1.98. The summed E-state index contributed by atoms with van der Waals surface area (Å²) in [6, 6.07) is 3.30. The zero-order valence-corrected chi connectivity index (χ0v) is 11.6. The molecule has 1 unspecified atom stereocenters. The number of rotatable bonds is 3. The second kappa shape index (κ2) is 5.34. The van der Waals surface area contributed by atoms with Gasteiger partial charge in [0, 0.05) is 26.7 Å². The van der Waals surface area contributed by atoms with Crippen molar-refractivity contribution in [2.45, 2.75) is 18.9 Å². The van der Waals surface area contributed by atoms with Gasteiger partial charge in [-0.1, -0.05) is 0 Å². The molecular weight excluding hydrogens is 244 g/mol. The number of carbonyl (C=O) groups excluding carboxylic acids is 1. The summed E-state index contributed by atoms with van der Waals surface area (Å²) in [4.78, 5) is 20.1. The molecule has 0 radical (unpaired) electrons. The molecule has 2 rings (SSSR count). The molecule has 1 amide bonds. The van der Waals surface area contributed by atoms with E-state index in [1.165, 1.54) is 0 Å². The fraction of sp³-hybridized carbons (Fsp3) is 0.538. The van der Waals surface area contributed by atoms with Crippen LogP contribution in [0.3, 0.4) is 0 Å². The standard InChI is InChI=1S/C13H20N4O2/c1-16(2)13(18)10-5-4-8-17(10)12-9(14)6-7-11(15-12)19-3/h6-7,10H,4-5,8,14H2,1-3H3. The maximum absolute atomic E-state index is 12.2. The minimum Gasteiger partial charge on any atom is -0.481 e. The number of likely N-dealkylation sites (N-methyl/N-ethyl adjacent to an activating group) is 1. The van der Waals surface area contributed by atoms with Gasteiger partial charge >= 0.3 is 0 Å². The number of carbonyl (C=O) groups is 1. The highest BCUT2D eigenvalue weighted by molar-refractivity contribution is 5.86. The third-order valence-corrected chi connectivity index (χ3v) is 3.34. The van der Waals surface area contributed by atoms with Gasteiger partial charge in [0.2, 0.25) is 11.8 Å². The first kappa shape index (κ1) is 13.5. The lowest BCUT2D eigenvalue weighted by Gasteiger charge is -2.28. The predicted molar refractivity (Wildman–Crippen MR) is 74.3 cm³/mol. The van der Waals surface area contributed by atoms with Crippen molar-refractivity contribution in [2.24, 2.45) is 0 Å². The summed E-state index contributed by atoms with van der Waals surface area (Å²) in [6.45, 7) is 0.786. The van der Waals surface area contributed by atoms with Gasteiger partial charge in [-0.25, -0.2) is 0 Å². The summed E-state index contributed by atoms with van der Waals surface area (Å²) in [6.07, 6.45) is 1.79. The van der Waals surface area contributed by atoms with E-state index in [4.69, 9.17) is 10.5 Å². The first-order chi connectivity index (χ1) is 9.04. The van der Waals surface area contributed by atoms with Gasteiger partial charge in [-0.05, 0) is 18.9 Å². The maximum Gasteiger partial charge on any atom is 0.244 e. The molecule has 6 nitrogen and oxygen atoms in total. The Kier molecular flexibility index (Phi) is 3.78. The third-order valence-electron chi connectivity index (χ3n) is 3.34. The summed E-state index contributed by atoms with van der Waals surface area (Å²) in [5.41, 5.74) is 6.55. The number of nitrogen functional groups attached to an aromatic ring is 1.